The first-order chi connectivity index (χ1) is 12.2. The number of rotatable bonds is 7. The molecule has 130 valence electrons. The third kappa shape index (κ3) is 4.42. The number of aromatic nitrogens is 2. The van der Waals surface area contributed by atoms with E-state index < -0.39 is 5.25 Å². The molecule has 0 spiro atoms. The normalized spacial score (nSPS) is 11.9. The zero-order valence-electron chi connectivity index (χ0n) is 13.8. The van der Waals surface area contributed by atoms with Crippen LogP contribution >= 0.6 is 11.8 Å². The highest BCUT2D eigenvalue weighted by atomic mass is 32.2. The first kappa shape index (κ1) is 17.1. The Morgan fingerprint density at radius 1 is 1.28 bits per heavy atom. The van der Waals surface area contributed by atoms with Gasteiger partial charge in [0.05, 0.1) is 18.1 Å². The molecule has 3 rings (SSSR count). The van der Waals surface area contributed by atoms with Crippen molar-refractivity contribution in [2.45, 2.75) is 24.3 Å². The molecule has 1 N–H and O–H groups in total. The van der Waals surface area contributed by atoms with E-state index in [1.165, 1.54) is 18.0 Å². The Morgan fingerprint density at radius 3 is 2.76 bits per heavy atom. The van der Waals surface area contributed by atoms with Crippen LogP contribution in [0.5, 0.6) is 5.75 Å². The Labute approximate surface area is 148 Å². The number of nitrogens with one attached hydrogen (secondary N) is 1. The van der Waals surface area contributed by atoms with Crippen molar-refractivity contribution in [3.63, 3.8) is 0 Å². The molecular weight excluding hydrogens is 342 g/mol. The Morgan fingerprint density at radius 2 is 2.08 bits per heavy atom. The summed E-state index contributed by atoms with van der Waals surface area (Å²) >= 11 is 1.18. The van der Waals surface area contributed by atoms with Gasteiger partial charge in [0.25, 0.3) is 11.1 Å². The lowest BCUT2D eigenvalue weighted by Gasteiger charge is -2.10. The average Bonchev–Trinajstić information content (AvgIpc) is 3.28. The number of amides is 1. The van der Waals surface area contributed by atoms with E-state index in [0.717, 1.165) is 5.75 Å². The number of furan rings is 1. The molecule has 0 aliphatic carbocycles. The van der Waals surface area contributed by atoms with Gasteiger partial charge in [-0.3, -0.25) is 4.79 Å². The van der Waals surface area contributed by atoms with Crippen LogP contribution in [0.4, 0.5) is 5.69 Å². The predicted molar refractivity (Wildman–Crippen MR) is 93.6 cm³/mol. The van der Waals surface area contributed by atoms with Gasteiger partial charge in [-0.1, -0.05) is 11.8 Å². The zero-order chi connectivity index (χ0) is 17.6. The van der Waals surface area contributed by atoms with Crippen molar-refractivity contribution < 1.29 is 18.4 Å². The molecule has 0 saturated carbocycles. The number of hydrogen-bond donors (Lipinski definition) is 1. The van der Waals surface area contributed by atoms with Gasteiger partial charge in [0, 0.05) is 5.69 Å². The van der Waals surface area contributed by atoms with E-state index in [1.54, 1.807) is 31.2 Å². The Bertz CT molecular complexity index is 815. The van der Waals surface area contributed by atoms with Gasteiger partial charge < -0.3 is 18.9 Å². The lowest BCUT2D eigenvalue weighted by atomic mass is 10.3. The molecule has 0 radical (unpaired) electrons. The van der Waals surface area contributed by atoms with Crippen LogP contribution < -0.4 is 10.1 Å². The number of carbonyl (C=O) groups is 1. The first-order valence-corrected chi connectivity index (χ1v) is 8.61. The molecule has 8 heteroatoms. The summed E-state index contributed by atoms with van der Waals surface area (Å²) in [5.41, 5.74) is 0.697. The van der Waals surface area contributed by atoms with Crippen LogP contribution in [0.2, 0.25) is 0 Å². The summed E-state index contributed by atoms with van der Waals surface area (Å²) in [4.78, 5) is 12.3. The number of benzene rings is 1. The Hall–Kier alpha value is -2.74. The largest absolute Gasteiger partial charge is 0.494 e. The van der Waals surface area contributed by atoms with Crippen LogP contribution in [0.25, 0.3) is 11.7 Å². The standard InChI is InChI=1S/C17H17N3O4S/c1-3-22-13-8-6-12(7-9-13)18-15(21)11(2)25-17-20-19-16(24-17)14-5-4-10-23-14/h4-11H,3H2,1-2H3,(H,18,21)/t11-/m0/s1. The predicted octanol–water partition coefficient (Wildman–Crippen LogP) is 3.85. The van der Waals surface area contributed by atoms with Crippen molar-refractivity contribution >= 4 is 23.4 Å². The number of thioether (sulfide) groups is 1. The molecule has 25 heavy (non-hydrogen) atoms. The molecule has 2 heterocycles. The Kier molecular flexibility index (Phi) is 5.39. The van der Waals surface area contributed by atoms with Crippen molar-refractivity contribution in [1.29, 1.82) is 0 Å². The number of carbonyl (C=O) groups excluding carboxylic acids is 1. The van der Waals surface area contributed by atoms with Crippen molar-refractivity contribution in [3.05, 3.63) is 42.7 Å². The topological polar surface area (TPSA) is 90.4 Å². The third-order valence-corrected chi connectivity index (χ3v) is 4.15. The monoisotopic (exact) mass is 359 g/mol. The quantitative estimate of drug-likeness (QED) is 0.641. The van der Waals surface area contributed by atoms with Crippen LogP contribution in [0.3, 0.4) is 0 Å². The van der Waals surface area contributed by atoms with E-state index in [4.69, 9.17) is 13.6 Å². The highest BCUT2D eigenvalue weighted by molar-refractivity contribution is 8.00. The van der Waals surface area contributed by atoms with Crippen molar-refractivity contribution in [2.24, 2.45) is 0 Å². The molecule has 1 atom stereocenters. The summed E-state index contributed by atoms with van der Waals surface area (Å²) < 4.78 is 16.1. The molecule has 1 aromatic carbocycles. The second kappa shape index (κ2) is 7.89. The second-order valence-corrected chi connectivity index (χ2v) is 6.35. The molecule has 0 saturated heterocycles. The van der Waals surface area contributed by atoms with E-state index in [-0.39, 0.29) is 11.8 Å². The van der Waals surface area contributed by atoms with E-state index in [9.17, 15) is 4.79 Å². The van der Waals surface area contributed by atoms with Crippen LogP contribution in [0.1, 0.15) is 13.8 Å². The molecular formula is C17H17N3O4S. The third-order valence-electron chi connectivity index (χ3n) is 3.22. The number of nitrogens with zero attached hydrogens (tertiary/aromatic N) is 2. The van der Waals surface area contributed by atoms with E-state index in [1.807, 2.05) is 19.1 Å². The molecule has 0 aliphatic heterocycles. The molecule has 0 bridgehead atoms. The minimum absolute atomic E-state index is 0.160. The molecule has 0 fully saturated rings. The summed E-state index contributed by atoms with van der Waals surface area (Å²) in [6.45, 7) is 4.29. The van der Waals surface area contributed by atoms with E-state index >= 15 is 0 Å². The zero-order valence-corrected chi connectivity index (χ0v) is 14.6. The van der Waals surface area contributed by atoms with Gasteiger partial charge in [0.1, 0.15) is 5.75 Å². The maximum Gasteiger partial charge on any atom is 0.284 e. The fraction of sp³-hybridized carbons (Fsp3) is 0.235. The SMILES string of the molecule is CCOc1ccc(NC(=O)[C@H](C)Sc2nnc(-c3ccco3)o2)cc1. The highest BCUT2D eigenvalue weighted by Gasteiger charge is 2.19. The van der Waals surface area contributed by atoms with Crippen molar-refractivity contribution in [1.82, 2.24) is 10.2 Å². The minimum atomic E-state index is -0.406. The van der Waals surface area contributed by atoms with Gasteiger partial charge in [-0.2, -0.15) is 0 Å². The lowest BCUT2D eigenvalue weighted by molar-refractivity contribution is -0.115. The van der Waals surface area contributed by atoms with Crippen molar-refractivity contribution in [3.8, 4) is 17.4 Å². The molecule has 7 nitrogen and oxygen atoms in total. The van der Waals surface area contributed by atoms with Crippen LogP contribution in [-0.4, -0.2) is 28.0 Å². The Balaban J connectivity index is 1.57. The summed E-state index contributed by atoms with van der Waals surface area (Å²) in [6, 6.07) is 10.7. The number of anilines is 1. The molecule has 0 unspecified atom stereocenters. The lowest BCUT2D eigenvalue weighted by Crippen LogP contribution is -2.22. The fourth-order valence-electron chi connectivity index (χ4n) is 2.01. The first-order valence-electron chi connectivity index (χ1n) is 7.73. The highest BCUT2D eigenvalue weighted by Crippen LogP contribution is 2.27. The van der Waals surface area contributed by atoms with Gasteiger partial charge in [-0.15, -0.1) is 10.2 Å². The smallest absolute Gasteiger partial charge is 0.284 e. The second-order valence-electron chi connectivity index (χ2n) is 5.06. The number of ether oxygens (including phenoxy) is 1. The summed E-state index contributed by atoms with van der Waals surface area (Å²) in [5.74, 6) is 1.38. The van der Waals surface area contributed by atoms with E-state index in [0.29, 0.717) is 23.3 Å². The molecule has 3 aromatic rings. The summed E-state index contributed by atoms with van der Waals surface area (Å²) in [5, 5.41) is 10.6. The summed E-state index contributed by atoms with van der Waals surface area (Å²) in [6.07, 6.45) is 1.53. The number of hydrogen-bond acceptors (Lipinski definition) is 7. The van der Waals surface area contributed by atoms with Crippen molar-refractivity contribution in [2.75, 3.05) is 11.9 Å². The summed E-state index contributed by atoms with van der Waals surface area (Å²) in [7, 11) is 0. The van der Waals surface area contributed by atoms with Gasteiger partial charge in [-0.25, -0.2) is 0 Å². The van der Waals surface area contributed by atoms with Gasteiger partial charge >= 0.3 is 0 Å². The van der Waals surface area contributed by atoms with Gasteiger partial charge in [-0.05, 0) is 50.2 Å². The van der Waals surface area contributed by atoms with Crippen LogP contribution in [0.15, 0.2) is 56.7 Å². The van der Waals surface area contributed by atoms with E-state index in [2.05, 4.69) is 15.5 Å². The fourth-order valence-corrected chi connectivity index (χ4v) is 2.69. The molecule has 0 aliphatic rings. The maximum absolute atomic E-state index is 12.3. The van der Waals surface area contributed by atoms with Gasteiger partial charge in [0.2, 0.25) is 5.91 Å². The maximum atomic E-state index is 12.3. The van der Waals surface area contributed by atoms with Crippen LogP contribution in [0, 0.1) is 0 Å². The average molecular weight is 359 g/mol. The molecule has 1 amide bonds. The molecule has 2 aromatic heterocycles. The van der Waals surface area contributed by atoms with Gasteiger partial charge in [0.15, 0.2) is 5.76 Å². The van der Waals surface area contributed by atoms with Crippen LogP contribution in [-0.2, 0) is 4.79 Å². The minimum Gasteiger partial charge on any atom is -0.494 e.